The largest absolute Gasteiger partial charge is 0.374 e. The van der Waals surface area contributed by atoms with Gasteiger partial charge in [0.1, 0.15) is 18.2 Å². The second-order valence-corrected chi connectivity index (χ2v) is 6.09. The number of aromatic nitrogens is 2. The van der Waals surface area contributed by atoms with Crippen LogP contribution >= 0.6 is 0 Å². The summed E-state index contributed by atoms with van der Waals surface area (Å²) in [5.41, 5.74) is 2.69. The van der Waals surface area contributed by atoms with E-state index in [-0.39, 0.29) is 5.41 Å². The smallest absolute Gasteiger partial charge is 0.158 e. The lowest BCUT2D eigenvalue weighted by Crippen LogP contribution is -2.34. The maximum absolute atomic E-state index is 5.45. The molecule has 7 heteroatoms. The first-order valence-electron chi connectivity index (χ1n) is 7.17. The molecule has 1 aromatic heterocycles. The first kappa shape index (κ1) is 17.6. The third kappa shape index (κ3) is 6.70. The van der Waals surface area contributed by atoms with Crippen molar-refractivity contribution in [1.29, 1.82) is 0 Å². The first-order chi connectivity index (χ1) is 9.86. The summed E-state index contributed by atoms with van der Waals surface area (Å²) in [5.74, 6) is 7.39. The van der Waals surface area contributed by atoms with E-state index in [4.69, 9.17) is 10.6 Å². The number of anilines is 2. The molecule has 21 heavy (non-hydrogen) atoms. The summed E-state index contributed by atoms with van der Waals surface area (Å²) in [6, 6.07) is 1.79. The number of hydrogen-bond donors (Lipinski definition) is 3. The maximum atomic E-state index is 5.45. The summed E-state index contributed by atoms with van der Waals surface area (Å²) in [6.45, 7) is 9.16. The van der Waals surface area contributed by atoms with Gasteiger partial charge in [-0.2, -0.15) is 0 Å². The van der Waals surface area contributed by atoms with Crippen LogP contribution in [0.3, 0.4) is 0 Å². The normalized spacial score (nSPS) is 11.8. The van der Waals surface area contributed by atoms with Crippen molar-refractivity contribution in [2.75, 3.05) is 44.5 Å². The average molecular weight is 296 g/mol. The summed E-state index contributed by atoms with van der Waals surface area (Å²) < 4.78 is 5.34. The monoisotopic (exact) mass is 296 g/mol. The number of nitrogens with zero attached hydrogens (tertiary/aromatic N) is 3. The van der Waals surface area contributed by atoms with Crippen molar-refractivity contribution in [2.45, 2.75) is 27.4 Å². The van der Waals surface area contributed by atoms with Crippen molar-refractivity contribution in [3.8, 4) is 0 Å². The molecule has 0 fully saturated rings. The Bertz CT molecular complexity index is 435. The fourth-order valence-electron chi connectivity index (χ4n) is 2.16. The molecule has 7 nitrogen and oxygen atoms in total. The fourth-order valence-corrected chi connectivity index (χ4v) is 2.16. The minimum atomic E-state index is 0.130. The number of nitrogens with one attached hydrogen (secondary N) is 2. The Morgan fingerprint density at radius 3 is 2.52 bits per heavy atom. The van der Waals surface area contributed by atoms with Gasteiger partial charge in [-0.1, -0.05) is 13.8 Å². The van der Waals surface area contributed by atoms with Crippen molar-refractivity contribution in [1.82, 2.24) is 14.9 Å². The molecule has 0 spiro atoms. The van der Waals surface area contributed by atoms with Crippen LogP contribution in [0.25, 0.3) is 0 Å². The van der Waals surface area contributed by atoms with Crippen LogP contribution in [0.4, 0.5) is 11.6 Å². The molecule has 1 heterocycles. The highest BCUT2D eigenvalue weighted by Gasteiger charge is 2.19. The van der Waals surface area contributed by atoms with Crippen LogP contribution in [-0.2, 0) is 11.3 Å². The van der Waals surface area contributed by atoms with Gasteiger partial charge in [0, 0.05) is 25.8 Å². The first-order valence-corrected chi connectivity index (χ1v) is 7.17. The van der Waals surface area contributed by atoms with Gasteiger partial charge >= 0.3 is 0 Å². The van der Waals surface area contributed by atoms with Crippen LogP contribution in [-0.4, -0.2) is 48.7 Å². The Morgan fingerprint density at radius 2 is 1.95 bits per heavy atom. The Labute approximate surface area is 127 Å². The molecule has 0 aliphatic carbocycles. The van der Waals surface area contributed by atoms with Gasteiger partial charge in [-0.25, -0.2) is 15.8 Å². The zero-order valence-electron chi connectivity index (χ0n) is 13.7. The molecule has 1 rings (SSSR count). The lowest BCUT2D eigenvalue weighted by atomic mass is 9.93. The highest BCUT2D eigenvalue weighted by atomic mass is 16.5. The molecule has 120 valence electrons. The molecule has 0 unspecified atom stereocenters. The predicted molar refractivity (Wildman–Crippen MR) is 86.0 cm³/mol. The van der Waals surface area contributed by atoms with Crippen LogP contribution in [0.2, 0.25) is 0 Å². The van der Waals surface area contributed by atoms with Crippen molar-refractivity contribution >= 4 is 11.6 Å². The average Bonchev–Trinajstić information content (AvgIpc) is 2.41. The van der Waals surface area contributed by atoms with E-state index in [1.165, 1.54) is 0 Å². The molecule has 4 N–H and O–H groups in total. The summed E-state index contributed by atoms with van der Waals surface area (Å²) in [7, 11) is 4.14. The van der Waals surface area contributed by atoms with Gasteiger partial charge in [0.2, 0.25) is 0 Å². The van der Waals surface area contributed by atoms with Gasteiger partial charge in [-0.3, -0.25) is 0 Å². The standard InChI is InChI=1S/C14H28N6O/c1-6-21-8-13-17-11(7-12(18-13)19-15)16-9-14(2,3)10-20(4)5/h7H,6,8-10,15H2,1-5H3,(H2,16,17,18,19). The second-order valence-electron chi connectivity index (χ2n) is 6.09. The molecule has 1 aromatic rings. The van der Waals surface area contributed by atoms with E-state index < -0.39 is 0 Å². The summed E-state index contributed by atoms with van der Waals surface area (Å²) in [4.78, 5) is 10.9. The number of nitrogen functional groups attached to an aromatic ring is 1. The lowest BCUT2D eigenvalue weighted by Gasteiger charge is -2.28. The lowest BCUT2D eigenvalue weighted by molar-refractivity contribution is 0.128. The third-order valence-electron chi connectivity index (χ3n) is 2.85. The van der Waals surface area contributed by atoms with Gasteiger partial charge in [0.25, 0.3) is 0 Å². The highest BCUT2D eigenvalue weighted by Crippen LogP contribution is 2.18. The SMILES string of the molecule is CCOCc1nc(NN)cc(NCC(C)(C)CN(C)C)n1. The molecule has 0 aliphatic heterocycles. The molecule has 0 saturated heterocycles. The van der Waals surface area contributed by atoms with Gasteiger partial charge in [-0.15, -0.1) is 0 Å². The van der Waals surface area contributed by atoms with E-state index in [1.54, 1.807) is 6.07 Å². The highest BCUT2D eigenvalue weighted by molar-refractivity contribution is 5.46. The van der Waals surface area contributed by atoms with Crippen molar-refractivity contribution in [3.05, 3.63) is 11.9 Å². The fraction of sp³-hybridized carbons (Fsp3) is 0.714. The summed E-state index contributed by atoms with van der Waals surface area (Å²) >= 11 is 0. The van der Waals surface area contributed by atoms with Crippen molar-refractivity contribution in [2.24, 2.45) is 11.3 Å². The molecule has 0 amide bonds. The van der Waals surface area contributed by atoms with Gasteiger partial charge < -0.3 is 20.4 Å². The van der Waals surface area contributed by atoms with E-state index in [0.29, 0.717) is 24.9 Å². The topological polar surface area (TPSA) is 88.3 Å². The molecular weight excluding hydrogens is 268 g/mol. The molecule has 0 bridgehead atoms. The summed E-state index contributed by atoms with van der Waals surface area (Å²) in [5, 5.41) is 3.35. The van der Waals surface area contributed by atoms with Crippen LogP contribution in [0.1, 0.15) is 26.6 Å². The van der Waals surface area contributed by atoms with E-state index in [9.17, 15) is 0 Å². The van der Waals surface area contributed by atoms with E-state index in [0.717, 1.165) is 18.9 Å². The Balaban J connectivity index is 2.73. The van der Waals surface area contributed by atoms with Gasteiger partial charge in [-0.05, 0) is 26.4 Å². The second kappa shape index (κ2) is 8.11. The van der Waals surface area contributed by atoms with Gasteiger partial charge in [0.15, 0.2) is 5.82 Å². The van der Waals surface area contributed by atoms with E-state index >= 15 is 0 Å². The third-order valence-corrected chi connectivity index (χ3v) is 2.85. The Kier molecular flexibility index (Phi) is 6.80. The van der Waals surface area contributed by atoms with Crippen LogP contribution in [0, 0.1) is 5.41 Å². The maximum Gasteiger partial charge on any atom is 0.158 e. The molecule has 0 atom stereocenters. The minimum absolute atomic E-state index is 0.130. The Hall–Kier alpha value is -1.44. The number of ether oxygens (including phenoxy) is 1. The minimum Gasteiger partial charge on any atom is -0.374 e. The van der Waals surface area contributed by atoms with E-state index in [2.05, 4.69) is 53.6 Å². The zero-order valence-corrected chi connectivity index (χ0v) is 13.7. The number of hydrogen-bond acceptors (Lipinski definition) is 7. The molecule has 0 aromatic carbocycles. The summed E-state index contributed by atoms with van der Waals surface area (Å²) in [6.07, 6.45) is 0. The van der Waals surface area contributed by atoms with Crippen molar-refractivity contribution < 1.29 is 4.74 Å². The number of rotatable bonds is 9. The predicted octanol–water partition coefficient (Wildman–Crippen LogP) is 1.30. The molecular formula is C14H28N6O. The van der Waals surface area contributed by atoms with E-state index in [1.807, 2.05) is 6.92 Å². The number of hydrazine groups is 1. The molecule has 0 saturated carbocycles. The quantitative estimate of drug-likeness (QED) is 0.467. The molecule has 0 radical (unpaired) electrons. The van der Waals surface area contributed by atoms with Crippen LogP contribution in [0.15, 0.2) is 6.07 Å². The van der Waals surface area contributed by atoms with Crippen LogP contribution in [0.5, 0.6) is 0 Å². The number of nitrogens with two attached hydrogens (primary N) is 1. The molecule has 0 aliphatic rings. The van der Waals surface area contributed by atoms with Crippen molar-refractivity contribution in [3.63, 3.8) is 0 Å². The zero-order chi connectivity index (χ0) is 15.9. The van der Waals surface area contributed by atoms with Crippen LogP contribution < -0.4 is 16.6 Å². The Morgan fingerprint density at radius 1 is 1.29 bits per heavy atom. The van der Waals surface area contributed by atoms with Gasteiger partial charge in [0.05, 0.1) is 0 Å².